The van der Waals surface area contributed by atoms with Crippen molar-refractivity contribution in [3.05, 3.63) is 29.8 Å². The highest BCUT2D eigenvalue weighted by Crippen LogP contribution is 2.29. The van der Waals surface area contributed by atoms with Gasteiger partial charge in [0, 0.05) is 18.4 Å². The molecule has 1 aromatic carbocycles. The summed E-state index contributed by atoms with van der Waals surface area (Å²) in [6.45, 7) is 0.451. The number of hydrogen-bond acceptors (Lipinski definition) is 3. The van der Waals surface area contributed by atoms with Crippen LogP contribution in [-0.4, -0.2) is 27.6 Å². The van der Waals surface area contributed by atoms with Crippen LogP contribution in [0.25, 0.3) is 0 Å². The van der Waals surface area contributed by atoms with Crippen LogP contribution in [0, 0.1) is 0 Å². The number of rotatable bonds is 5. The third-order valence-electron chi connectivity index (χ3n) is 2.29. The molecule has 0 heterocycles. The highest BCUT2D eigenvalue weighted by molar-refractivity contribution is 7.80. The summed E-state index contributed by atoms with van der Waals surface area (Å²) in [7, 11) is -1.90. The summed E-state index contributed by atoms with van der Waals surface area (Å²) in [4.78, 5) is 17.4. The Hall–Kier alpha value is -0.950. The van der Waals surface area contributed by atoms with Crippen molar-refractivity contribution >= 4 is 31.4 Å². The van der Waals surface area contributed by atoms with Gasteiger partial charge in [-0.3, -0.25) is 0 Å². The van der Waals surface area contributed by atoms with Gasteiger partial charge in [0.1, 0.15) is 0 Å². The lowest BCUT2D eigenvalue weighted by Crippen LogP contribution is -2.29. The minimum absolute atomic E-state index is 0.268. The van der Waals surface area contributed by atoms with E-state index in [0.29, 0.717) is 18.7 Å². The summed E-state index contributed by atoms with van der Waals surface area (Å²) in [5.41, 5.74) is -0.275. The Morgan fingerprint density at radius 2 is 1.80 bits per heavy atom. The molecule has 4 N–H and O–H groups in total. The van der Waals surface area contributed by atoms with E-state index >= 15 is 0 Å². The molecule has 9 heteroatoms. The third-order valence-corrected chi connectivity index (χ3v) is 3.25. The first-order valence-electron chi connectivity index (χ1n) is 5.66. The maximum atomic E-state index is 12.4. The Morgan fingerprint density at radius 3 is 2.30 bits per heavy atom. The van der Waals surface area contributed by atoms with Crippen molar-refractivity contribution in [2.45, 2.75) is 12.6 Å². The summed E-state index contributed by atoms with van der Waals surface area (Å²) in [6.07, 6.45) is -3.54. The van der Waals surface area contributed by atoms with Crippen LogP contribution < -0.4 is 10.6 Å². The fraction of sp³-hybridized carbons (Fsp3) is 0.364. The minimum Gasteiger partial charge on any atom is -0.362 e. The molecule has 0 aliphatic heterocycles. The van der Waals surface area contributed by atoms with E-state index in [1.54, 1.807) is 0 Å². The molecule has 0 bridgehead atoms. The molecule has 0 atom stereocenters. The van der Waals surface area contributed by atoms with Gasteiger partial charge in [0.05, 0.1) is 5.56 Å². The Morgan fingerprint density at radius 1 is 1.20 bits per heavy atom. The monoisotopic (exact) mass is 326 g/mol. The van der Waals surface area contributed by atoms with Crippen molar-refractivity contribution < 1.29 is 23.0 Å². The highest BCUT2D eigenvalue weighted by Gasteiger charge is 2.29. The molecule has 0 amide bonds. The number of halogens is 3. The topological polar surface area (TPSA) is 64.5 Å². The first-order valence-corrected chi connectivity index (χ1v) is 7.50. The van der Waals surface area contributed by atoms with Crippen molar-refractivity contribution in [3.8, 4) is 0 Å². The van der Waals surface area contributed by atoms with E-state index < -0.39 is 20.1 Å². The molecule has 1 rings (SSSR count). The molecular formula is C11H14F3N2O2PS. The van der Waals surface area contributed by atoms with Gasteiger partial charge in [-0.1, -0.05) is 0 Å². The summed E-state index contributed by atoms with van der Waals surface area (Å²) in [5, 5.41) is 5.83. The smallest absolute Gasteiger partial charge is 0.362 e. The van der Waals surface area contributed by atoms with Crippen molar-refractivity contribution in [1.82, 2.24) is 5.32 Å². The second-order valence-electron chi connectivity index (χ2n) is 3.91. The van der Waals surface area contributed by atoms with Crippen LogP contribution in [0.15, 0.2) is 24.3 Å². The highest BCUT2D eigenvalue weighted by atomic mass is 32.1. The van der Waals surface area contributed by atoms with Gasteiger partial charge >= 0.3 is 6.18 Å². The largest absolute Gasteiger partial charge is 0.416 e. The van der Waals surface area contributed by atoms with Crippen LogP contribution in [0.3, 0.4) is 0 Å². The van der Waals surface area contributed by atoms with E-state index in [9.17, 15) is 13.2 Å². The lowest BCUT2D eigenvalue weighted by molar-refractivity contribution is -0.137. The van der Waals surface area contributed by atoms with Crippen LogP contribution in [-0.2, 0) is 6.18 Å². The Bertz CT molecular complexity index is 440. The second kappa shape index (κ2) is 7.73. The number of nitrogens with one attached hydrogen (secondary N) is 2. The van der Waals surface area contributed by atoms with Gasteiger partial charge in [-0.2, -0.15) is 13.2 Å². The summed E-state index contributed by atoms with van der Waals surface area (Å²) < 4.78 is 37.1. The van der Waals surface area contributed by atoms with E-state index in [-0.39, 0.29) is 11.3 Å². The number of thiocarbonyl (C=S) groups is 1. The zero-order valence-corrected chi connectivity index (χ0v) is 12.0. The molecule has 0 saturated carbocycles. The number of hydrogen-bond donors (Lipinski definition) is 4. The molecule has 0 aliphatic carbocycles. The first kappa shape index (κ1) is 17.1. The quantitative estimate of drug-likeness (QED) is 0.381. The number of anilines is 1. The summed E-state index contributed by atoms with van der Waals surface area (Å²) in [6, 6.07) is 4.51. The SMILES string of the molecule is OP(O)CCCNC(=S)Nc1ccc(C(F)(F)F)cc1. The van der Waals surface area contributed by atoms with Gasteiger partial charge in [0.2, 0.25) is 0 Å². The maximum Gasteiger partial charge on any atom is 0.416 e. The molecule has 1 aromatic rings. The van der Waals surface area contributed by atoms with E-state index in [1.165, 1.54) is 12.1 Å². The van der Waals surface area contributed by atoms with Gasteiger partial charge in [0.25, 0.3) is 0 Å². The minimum atomic E-state index is -4.36. The molecular weight excluding hydrogens is 312 g/mol. The molecule has 0 aliphatic rings. The second-order valence-corrected chi connectivity index (χ2v) is 5.51. The standard InChI is InChI=1S/C11H14F3N2O2PS/c12-11(13,14)8-2-4-9(5-3-8)16-10(20)15-6-1-7-19(17)18/h2-5,17-18H,1,6-7H2,(H2,15,16,20). The zero-order valence-electron chi connectivity index (χ0n) is 10.3. The van der Waals surface area contributed by atoms with Crippen molar-refractivity contribution in [2.75, 3.05) is 18.0 Å². The Labute approximate surface area is 120 Å². The lowest BCUT2D eigenvalue weighted by Gasteiger charge is -2.12. The molecule has 0 fully saturated rings. The predicted molar refractivity (Wildman–Crippen MR) is 76.5 cm³/mol. The van der Waals surface area contributed by atoms with E-state index in [0.717, 1.165) is 12.1 Å². The molecule has 0 aromatic heterocycles. The fourth-order valence-electron chi connectivity index (χ4n) is 1.34. The fourth-order valence-corrected chi connectivity index (χ4v) is 2.00. The average Bonchev–Trinajstić information content (AvgIpc) is 2.34. The predicted octanol–water partition coefficient (Wildman–Crippen LogP) is 2.68. The number of benzene rings is 1. The normalized spacial score (nSPS) is 11.5. The van der Waals surface area contributed by atoms with Gasteiger partial charge in [-0.05, 0) is 42.9 Å². The molecule has 112 valence electrons. The van der Waals surface area contributed by atoms with Gasteiger partial charge in [-0.25, -0.2) is 0 Å². The van der Waals surface area contributed by atoms with Crippen molar-refractivity contribution in [2.24, 2.45) is 0 Å². The van der Waals surface area contributed by atoms with E-state index in [1.807, 2.05) is 0 Å². The van der Waals surface area contributed by atoms with Crippen LogP contribution in [0.4, 0.5) is 18.9 Å². The van der Waals surface area contributed by atoms with Crippen molar-refractivity contribution in [3.63, 3.8) is 0 Å². The van der Waals surface area contributed by atoms with Gasteiger partial charge < -0.3 is 20.4 Å². The molecule has 0 spiro atoms. The van der Waals surface area contributed by atoms with Crippen LogP contribution >= 0.6 is 20.6 Å². The molecule has 0 saturated heterocycles. The van der Waals surface area contributed by atoms with Crippen LogP contribution in [0.2, 0.25) is 0 Å². The molecule has 0 unspecified atom stereocenters. The van der Waals surface area contributed by atoms with Crippen LogP contribution in [0.5, 0.6) is 0 Å². The third kappa shape index (κ3) is 6.47. The average molecular weight is 326 g/mol. The summed E-state index contributed by atoms with van der Waals surface area (Å²) >= 11 is 4.96. The zero-order chi connectivity index (χ0) is 15.2. The van der Waals surface area contributed by atoms with E-state index in [4.69, 9.17) is 22.0 Å². The molecule has 20 heavy (non-hydrogen) atoms. The molecule has 0 radical (unpaired) electrons. The van der Waals surface area contributed by atoms with E-state index in [2.05, 4.69) is 10.6 Å². The maximum absolute atomic E-state index is 12.4. The van der Waals surface area contributed by atoms with Gasteiger partial charge in [-0.15, -0.1) is 0 Å². The Balaban J connectivity index is 2.39. The van der Waals surface area contributed by atoms with Gasteiger partial charge in [0.15, 0.2) is 13.5 Å². The number of alkyl halides is 3. The lowest BCUT2D eigenvalue weighted by atomic mass is 10.2. The molecule has 4 nitrogen and oxygen atoms in total. The summed E-state index contributed by atoms with van der Waals surface area (Å²) in [5.74, 6) is 0. The van der Waals surface area contributed by atoms with Crippen LogP contribution in [0.1, 0.15) is 12.0 Å². The Kier molecular flexibility index (Phi) is 6.61. The first-order chi connectivity index (χ1) is 9.29. The van der Waals surface area contributed by atoms with Crippen molar-refractivity contribution in [1.29, 1.82) is 0 Å².